The van der Waals surface area contributed by atoms with Gasteiger partial charge in [-0.05, 0) is 53.6 Å². The molecule has 1 aromatic carbocycles. The van der Waals surface area contributed by atoms with Crippen molar-refractivity contribution in [1.82, 2.24) is 4.98 Å². The van der Waals surface area contributed by atoms with Crippen molar-refractivity contribution < 1.29 is 9.84 Å². The third-order valence-electron chi connectivity index (χ3n) is 4.13. The van der Waals surface area contributed by atoms with E-state index in [4.69, 9.17) is 9.72 Å². The van der Waals surface area contributed by atoms with Crippen molar-refractivity contribution >= 4 is 37.5 Å². The van der Waals surface area contributed by atoms with Crippen LogP contribution in [0.5, 0.6) is 5.75 Å². The molecule has 0 radical (unpaired) electrons. The van der Waals surface area contributed by atoms with Crippen LogP contribution < -0.4 is 4.74 Å². The summed E-state index contributed by atoms with van der Waals surface area (Å²) >= 11 is 5.31. The second kappa shape index (κ2) is 6.00. The fraction of sp³-hybridized carbons (Fsp3) is 0.533. The lowest BCUT2D eigenvalue weighted by Gasteiger charge is -2.25. The van der Waals surface area contributed by atoms with E-state index in [2.05, 4.69) is 22.0 Å². The predicted octanol–water partition coefficient (Wildman–Crippen LogP) is 4.33. The average molecular weight is 356 g/mol. The van der Waals surface area contributed by atoms with Crippen molar-refractivity contribution in [2.75, 3.05) is 13.7 Å². The standard InChI is InChI=1S/C15H18BrNO2S/c1-19-13-7-12-14(6-11(13)16)20-15(17-12)10-4-2-9(8-18)3-5-10/h6-7,9-10,18H,2-5,8H2,1H3/t9-,10-. The van der Waals surface area contributed by atoms with Crippen molar-refractivity contribution in [3.8, 4) is 5.75 Å². The summed E-state index contributed by atoms with van der Waals surface area (Å²) in [6.45, 7) is 0.330. The number of hydrogen-bond acceptors (Lipinski definition) is 4. The van der Waals surface area contributed by atoms with Crippen LogP contribution in [0.1, 0.15) is 36.6 Å². The summed E-state index contributed by atoms with van der Waals surface area (Å²) in [5, 5.41) is 10.5. The van der Waals surface area contributed by atoms with E-state index in [1.54, 1.807) is 18.4 Å². The topological polar surface area (TPSA) is 42.4 Å². The summed E-state index contributed by atoms with van der Waals surface area (Å²) < 4.78 is 7.51. The van der Waals surface area contributed by atoms with Gasteiger partial charge in [0, 0.05) is 18.6 Å². The highest BCUT2D eigenvalue weighted by atomic mass is 79.9. The highest BCUT2D eigenvalue weighted by Crippen LogP contribution is 2.40. The molecule has 108 valence electrons. The normalized spacial score (nSPS) is 23.1. The van der Waals surface area contributed by atoms with Crippen LogP contribution in [0, 0.1) is 5.92 Å². The number of hydrogen-bond donors (Lipinski definition) is 1. The van der Waals surface area contributed by atoms with Gasteiger partial charge in [0.25, 0.3) is 0 Å². The Morgan fingerprint density at radius 1 is 1.35 bits per heavy atom. The van der Waals surface area contributed by atoms with Crippen molar-refractivity contribution in [3.63, 3.8) is 0 Å². The average Bonchev–Trinajstić information content (AvgIpc) is 2.89. The van der Waals surface area contributed by atoms with Crippen molar-refractivity contribution in [1.29, 1.82) is 0 Å². The maximum absolute atomic E-state index is 9.22. The maximum atomic E-state index is 9.22. The minimum atomic E-state index is 0.330. The molecule has 0 saturated heterocycles. The van der Waals surface area contributed by atoms with Crippen LogP contribution in [-0.4, -0.2) is 23.8 Å². The number of benzene rings is 1. The van der Waals surface area contributed by atoms with Gasteiger partial charge in [-0.2, -0.15) is 0 Å². The summed E-state index contributed by atoms with van der Waals surface area (Å²) in [5.74, 6) is 1.88. The first-order chi connectivity index (χ1) is 9.71. The lowest BCUT2D eigenvalue weighted by atomic mass is 9.83. The molecule has 1 aromatic heterocycles. The minimum absolute atomic E-state index is 0.330. The largest absolute Gasteiger partial charge is 0.495 e. The fourth-order valence-electron chi connectivity index (χ4n) is 2.87. The van der Waals surface area contributed by atoms with E-state index in [1.165, 1.54) is 9.71 Å². The molecule has 1 fully saturated rings. The molecule has 1 heterocycles. The van der Waals surface area contributed by atoms with Crippen LogP contribution in [0.4, 0.5) is 0 Å². The Bertz CT molecular complexity index is 605. The molecule has 0 aliphatic heterocycles. The summed E-state index contributed by atoms with van der Waals surface area (Å²) in [5.41, 5.74) is 1.02. The summed E-state index contributed by atoms with van der Waals surface area (Å²) in [4.78, 5) is 4.79. The van der Waals surface area contributed by atoms with E-state index in [-0.39, 0.29) is 0 Å². The number of halogens is 1. The number of aromatic nitrogens is 1. The fourth-order valence-corrected chi connectivity index (χ4v) is 4.69. The zero-order valence-corrected chi connectivity index (χ0v) is 13.8. The first-order valence-corrected chi connectivity index (χ1v) is 8.57. The minimum Gasteiger partial charge on any atom is -0.495 e. The molecule has 5 heteroatoms. The zero-order chi connectivity index (χ0) is 14.1. The third-order valence-corrected chi connectivity index (χ3v) is 5.93. The molecule has 1 saturated carbocycles. The number of nitrogens with zero attached hydrogens (tertiary/aromatic N) is 1. The number of thiazole rings is 1. The molecule has 0 atom stereocenters. The van der Waals surface area contributed by atoms with Gasteiger partial charge in [-0.15, -0.1) is 11.3 Å². The summed E-state index contributed by atoms with van der Waals surface area (Å²) in [6, 6.07) is 4.09. The Morgan fingerprint density at radius 2 is 2.10 bits per heavy atom. The van der Waals surface area contributed by atoms with Crippen molar-refractivity contribution in [2.45, 2.75) is 31.6 Å². The van der Waals surface area contributed by atoms with Crippen molar-refractivity contribution in [3.05, 3.63) is 21.6 Å². The number of ether oxygens (including phenoxy) is 1. The van der Waals surface area contributed by atoms with E-state index in [0.29, 0.717) is 18.4 Å². The Labute approximate surface area is 131 Å². The molecular weight excluding hydrogens is 338 g/mol. The molecule has 0 amide bonds. The van der Waals surface area contributed by atoms with Crippen LogP contribution in [0.2, 0.25) is 0 Å². The molecule has 1 aliphatic rings. The van der Waals surface area contributed by atoms with Gasteiger partial charge in [0.05, 0.1) is 26.8 Å². The van der Waals surface area contributed by atoms with Gasteiger partial charge in [-0.1, -0.05) is 0 Å². The monoisotopic (exact) mass is 355 g/mol. The van der Waals surface area contributed by atoms with Crippen molar-refractivity contribution in [2.24, 2.45) is 5.92 Å². The molecule has 0 spiro atoms. The molecule has 20 heavy (non-hydrogen) atoms. The van der Waals surface area contributed by atoms with E-state index >= 15 is 0 Å². The van der Waals surface area contributed by atoms with Crippen LogP contribution >= 0.6 is 27.3 Å². The summed E-state index contributed by atoms with van der Waals surface area (Å²) in [7, 11) is 1.68. The van der Waals surface area contributed by atoms with Crippen LogP contribution in [-0.2, 0) is 0 Å². The van der Waals surface area contributed by atoms with Gasteiger partial charge in [0.2, 0.25) is 0 Å². The van der Waals surface area contributed by atoms with Gasteiger partial charge in [-0.25, -0.2) is 4.98 Å². The number of rotatable bonds is 3. The first-order valence-electron chi connectivity index (χ1n) is 6.96. The highest BCUT2D eigenvalue weighted by Gasteiger charge is 2.24. The molecule has 3 nitrogen and oxygen atoms in total. The second-order valence-electron chi connectivity index (χ2n) is 5.41. The van der Waals surface area contributed by atoms with Crippen LogP contribution in [0.3, 0.4) is 0 Å². The molecule has 2 aromatic rings. The molecule has 1 N–H and O–H groups in total. The van der Waals surface area contributed by atoms with E-state index in [9.17, 15) is 5.11 Å². The molecule has 0 bridgehead atoms. The predicted molar refractivity (Wildman–Crippen MR) is 85.7 cm³/mol. The third kappa shape index (κ3) is 2.71. The van der Waals surface area contributed by atoms with Gasteiger partial charge in [0.1, 0.15) is 5.75 Å². The van der Waals surface area contributed by atoms with Crippen LogP contribution in [0.25, 0.3) is 10.2 Å². The van der Waals surface area contributed by atoms with E-state index < -0.39 is 0 Å². The number of aliphatic hydroxyl groups is 1. The second-order valence-corrected chi connectivity index (χ2v) is 7.32. The van der Waals surface area contributed by atoms with E-state index in [0.717, 1.165) is 41.4 Å². The number of fused-ring (bicyclic) bond motifs is 1. The maximum Gasteiger partial charge on any atom is 0.135 e. The Morgan fingerprint density at radius 3 is 2.75 bits per heavy atom. The molecule has 3 rings (SSSR count). The van der Waals surface area contributed by atoms with Gasteiger partial charge in [0.15, 0.2) is 0 Å². The van der Waals surface area contributed by atoms with Gasteiger partial charge >= 0.3 is 0 Å². The number of methoxy groups -OCH3 is 1. The SMILES string of the molecule is COc1cc2nc([C@H]3CC[C@H](CO)CC3)sc2cc1Br. The molecular formula is C15H18BrNO2S. The van der Waals surface area contributed by atoms with Crippen LogP contribution in [0.15, 0.2) is 16.6 Å². The lowest BCUT2D eigenvalue weighted by Crippen LogP contribution is -2.15. The Balaban J connectivity index is 1.86. The van der Waals surface area contributed by atoms with E-state index in [1.807, 2.05) is 6.07 Å². The zero-order valence-electron chi connectivity index (χ0n) is 11.4. The highest BCUT2D eigenvalue weighted by molar-refractivity contribution is 9.10. The van der Waals surface area contributed by atoms with Gasteiger partial charge < -0.3 is 9.84 Å². The first kappa shape index (κ1) is 14.3. The Kier molecular flexibility index (Phi) is 4.29. The quantitative estimate of drug-likeness (QED) is 0.890. The lowest BCUT2D eigenvalue weighted by molar-refractivity contribution is 0.182. The smallest absolute Gasteiger partial charge is 0.135 e. The molecule has 0 unspecified atom stereocenters. The summed E-state index contributed by atoms with van der Waals surface area (Å²) in [6.07, 6.45) is 4.51. The number of aliphatic hydroxyl groups excluding tert-OH is 1. The van der Waals surface area contributed by atoms with Gasteiger partial charge in [-0.3, -0.25) is 0 Å². The Hall–Kier alpha value is -0.650. The molecule has 1 aliphatic carbocycles.